The Morgan fingerprint density at radius 1 is 1.29 bits per heavy atom. The maximum Gasteiger partial charge on any atom is 0.251 e. The van der Waals surface area contributed by atoms with Crippen molar-refractivity contribution in [2.24, 2.45) is 0 Å². The molecular formula is C16H17ClN2O2. The molecule has 5 heteroatoms. The molecule has 2 rings (SSSR count). The monoisotopic (exact) mass is 304 g/mol. The van der Waals surface area contributed by atoms with Crippen LogP contribution in [-0.4, -0.2) is 12.5 Å². The Hall–Kier alpha value is -2.20. The van der Waals surface area contributed by atoms with E-state index in [1.54, 1.807) is 18.2 Å². The number of halogens is 1. The first-order valence-electron chi connectivity index (χ1n) is 6.65. The van der Waals surface area contributed by atoms with Gasteiger partial charge in [0.15, 0.2) is 0 Å². The van der Waals surface area contributed by atoms with Crippen molar-refractivity contribution in [2.75, 3.05) is 12.3 Å². The van der Waals surface area contributed by atoms with Gasteiger partial charge in [-0.3, -0.25) is 4.79 Å². The number of carbonyl (C=O) groups is 1. The van der Waals surface area contributed by atoms with Gasteiger partial charge in [-0.1, -0.05) is 23.7 Å². The van der Waals surface area contributed by atoms with E-state index in [1.807, 2.05) is 31.2 Å². The Morgan fingerprint density at radius 3 is 2.81 bits per heavy atom. The minimum atomic E-state index is -0.196. The van der Waals surface area contributed by atoms with Crippen LogP contribution in [0.3, 0.4) is 0 Å². The molecule has 0 saturated carbocycles. The molecule has 0 aliphatic heterocycles. The molecule has 0 saturated heterocycles. The SMILES string of the molecule is CCOc1cccc(CNC(=O)c2ccc(N)c(Cl)c2)c1. The lowest BCUT2D eigenvalue weighted by atomic mass is 10.1. The summed E-state index contributed by atoms with van der Waals surface area (Å²) in [6.45, 7) is 2.96. The first-order chi connectivity index (χ1) is 10.1. The van der Waals surface area contributed by atoms with E-state index in [4.69, 9.17) is 22.1 Å². The van der Waals surface area contributed by atoms with Crippen molar-refractivity contribution in [1.82, 2.24) is 5.32 Å². The van der Waals surface area contributed by atoms with Crippen LogP contribution in [0.4, 0.5) is 5.69 Å². The largest absolute Gasteiger partial charge is 0.494 e. The fraction of sp³-hybridized carbons (Fsp3) is 0.188. The van der Waals surface area contributed by atoms with Gasteiger partial charge in [-0.15, -0.1) is 0 Å². The summed E-state index contributed by atoms with van der Waals surface area (Å²) in [6, 6.07) is 12.4. The second-order valence-corrected chi connectivity index (χ2v) is 4.91. The molecule has 0 fully saturated rings. The zero-order valence-corrected chi connectivity index (χ0v) is 12.5. The summed E-state index contributed by atoms with van der Waals surface area (Å²) in [5.41, 5.74) is 7.53. The van der Waals surface area contributed by atoms with E-state index >= 15 is 0 Å². The first-order valence-corrected chi connectivity index (χ1v) is 7.03. The van der Waals surface area contributed by atoms with E-state index in [1.165, 1.54) is 0 Å². The first kappa shape index (κ1) is 15.2. The summed E-state index contributed by atoms with van der Waals surface area (Å²) in [5, 5.41) is 3.21. The van der Waals surface area contributed by atoms with Crippen molar-refractivity contribution in [3.05, 3.63) is 58.6 Å². The summed E-state index contributed by atoms with van der Waals surface area (Å²) in [5.74, 6) is 0.596. The molecule has 1 amide bonds. The molecule has 3 N–H and O–H groups in total. The van der Waals surface area contributed by atoms with Crippen LogP contribution in [0.2, 0.25) is 5.02 Å². The minimum absolute atomic E-state index is 0.196. The molecule has 21 heavy (non-hydrogen) atoms. The number of hydrogen-bond donors (Lipinski definition) is 2. The van der Waals surface area contributed by atoms with Crippen molar-refractivity contribution in [3.63, 3.8) is 0 Å². The third-order valence-corrected chi connectivity index (χ3v) is 3.25. The van der Waals surface area contributed by atoms with Crippen molar-refractivity contribution in [3.8, 4) is 5.75 Å². The molecule has 2 aromatic carbocycles. The van der Waals surface area contributed by atoms with Crippen LogP contribution in [0, 0.1) is 0 Å². The zero-order valence-electron chi connectivity index (χ0n) is 11.7. The highest BCUT2D eigenvalue weighted by Crippen LogP contribution is 2.19. The molecule has 0 atom stereocenters. The fourth-order valence-corrected chi connectivity index (χ4v) is 2.05. The molecule has 0 aliphatic rings. The van der Waals surface area contributed by atoms with Crippen molar-refractivity contribution < 1.29 is 9.53 Å². The molecule has 110 valence electrons. The maximum atomic E-state index is 12.1. The van der Waals surface area contributed by atoms with Gasteiger partial charge in [0.1, 0.15) is 5.75 Å². The fourth-order valence-electron chi connectivity index (χ4n) is 1.86. The van der Waals surface area contributed by atoms with Crippen LogP contribution in [0.5, 0.6) is 5.75 Å². The summed E-state index contributed by atoms with van der Waals surface area (Å²) in [7, 11) is 0. The molecule has 0 unspecified atom stereocenters. The number of hydrogen-bond acceptors (Lipinski definition) is 3. The molecule has 0 bridgehead atoms. The van der Waals surface area contributed by atoms with Crippen LogP contribution in [0.1, 0.15) is 22.8 Å². The number of ether oxygens (including phenoxy) is 1. The third-order valence-electron chi connectivity index (χ3n) is 2.93. The van der Waals surface area contributed by atoms with E-state index in [-0.39, 0.29) is 5.91 Å². The number of nitrogens with two attached hydrogens (primary N) is 1. The minimum Gasteiger partial charge on any atom is -0.494 e. The van der Waals surface area contributed by atoms with Gasteiger partial charge in [0.05, 0.1) is 17.3 Å². The number of amides is 1. The normalized spacial score (nSPS) is 10.2. The Morgan fingerprint density at radius 2 is 2.10 bits per heavy atom. The second kappa shape index (κ2) is 6.99. The molecular weight excluding hydrogens is 288 g/mol. The van der Waals surface area contributed by atoms with Gasteiger partial charge in [-0.2, -0.15) is 0 Å². The molecule has 0 heterocycles. The number of benzene rings is 2. The van der Waals surface area contributed by atoms with Crippen molar-refractivity contribution in [1.29, 1.82) is 0 Å². The summed E-state index contributed by atoms with van der Waals surface area (Å²) >= 11 is 5.91. The molecule has 0 aromatic heterocycles. The van der Waals surface area contributed by atoms with Crippen LogP contribution >= 0.6 is 11.6 Å². The highest BCUT2D eigenvalue weighted by Gasteiger charge is 2.07. The van der Waals surface area contributed by atoms with Crippen LogP contribution < -0.4 is 15.8 Å². The Bertz CT molecular complexity index is 644. The van der Waals surface area contributed by atoms with E-state index in [0.29, 0.717) is 29.4 Å². The van der Waals surface area contributed by atoms with E-state index in [0.717, 1.165) is 11.3 Å². The molecule has 0 radical (unpaired) electrons. The van der Waals surface area contributed by atoms with Crippen molar-refractivity contribution in [2.45, 2.75) is 13.5 Å². The van der Waals surface area contributed by atoms with Gasteiger partial charge in [0, 0.05) is 12.1 Å². The van der Waals surface area contributed by atoms with Crippen LogP contribution in [0.25, 0.3) is 0 Å². The molecule has 0 aliphatic carbocycles. The summed E-state index contributed by atoms with van der Waals surface area (Å²) in [4.78, 5) is 12.1. The number of carbonyl (C=O) groups excluding carboxylic acids is 1. The Kier molecular flexibility index (Phi) is 5.06. The lowest BCUT2D eigenvalue weighted by Crippen LogP contribution is -2.22. The number of nitrogen functional groups attached to an aromatic ring is 1. The van der Waals surface area contributed by atoms with Gasteiger partial charge in [0.2, 0.25) is 0 Å². The number of anilines is 1. The van der Waals surface area contributed by atoms with E-state index in [9.17, 15) is 4.79 Å². The standard InChI is InChI=1S/C16H17ClN2O2/c1-2-21-13-5-3-4-11(8-13)10-19-16(20)12-6-7-15(18)14(17)9-12/h3-9H,2,10,18H2,1H3,(H,19,20). The summed E-state index contributed by atoms with van der Waals surface area (Å²) in [6.07, 6.45) is 0. The second-order valence-electron chi connectivity index (χ2n) is 4.50. The molecule has 4 nitrogen and oxygen atoms in total. The Labute approximate surface area is 128 Å². The van der Waals surface area contributed by atoms with E-state index < -0.39 is 0 Å². The van der Waals surface area contributed by atoms with Gasteiger partial charge in [-0.05, 0) is 42.8 Å². The van der Waals surface area contributed by atoms with Gasteiger partial charge >= 0.3 is 0 Å². The van der Waals surface area contributed by atoms with E-state index in [2.05, 4.69) is 5.32 Å². The average Bonchev–Trinajstić information content (AvgIpc) is 2.48. The quantitative estimate of drug-likeness (QED) is 0.833. The van der Waals surface area contributed by atoms with Crippen molar-refractivity contribution >= 4 is 23.2 Å². The highest BCUT2D eigenvalue weighted by molar-refractivity contribution is 6.33. The topological polar surface area (TPSA) is 64.3 Å². The smallest absolute Gasteiger partial charge is 0.251 e. The Balaban J connectivity index is 2.00. The van der Waals surface area contributed by atoms with Crippen LogP contribution in [-0.2, 0) is 6.54 Å². The zero-order chi connectivity index (χ0) is 15.2. The number of rotatable bonds is 5. The molecule has 2 aromatic rings. The van der Waals surface area contributed by atoms with Gasteiger partial charge in [-0.25, -0.2) is 0 Å². The summed E-state index contributed by atoms with van der Waals surface area (Å²) < 4.78 is 5.42. The third kappa shape index (κ3) is 4.13. The molecule has 0 spiro atoms. The van der Waals surface area contributed by atoms with Gasteiger partial charge in [0.25, 0.3) is 5.91 Å². The average molecular weight is 305 g/mol. The van der Waals surface area contributed by atoms with Crippen LogP contribution in [0.15, 0.2) is 42.5 Å². The predicted molar refractivity (Wildman–Crippen MR) is 84.6 cm³/mol. The lowest BCUT2D eigenvalue weighted by molar-refractivity contribution is 0.0951. The lowest BCUT2D eigenvalue weighted by Gasteiger charge is -2.08. The highest BCUT2D eigenvalue weighted by atomic mass is 35.5. The maximum absolute atomic E-state index is 12.1. The van der Waals surface area contributed by atoms with Gasteiger partial charge < -0.3 is 15.8 Å². The number of nitrogens with one attached hydrogen (secondary N) is 1. The predicted octanol–water partition coefficient (Wildman–Crippen LogP) is 3.25.